The first-order valence-corrected chi connectivity index (χ1v) is 7.06. The van der Waals surface area contributed by atoms with Crippen LogP contribution in [0.4, 0.5) is 0 Å². The van der Waals surface area contributed by atoms with Crippen molar-refractivity contribution in [3.05, 3.63) is 0 Å². The second-order valence-corrected chi connectivity index (χ2v) is 5.49. The minimum absolute atomic E-state index is 0.617. The van der Waals surface area contributed by atoms with Gasteiger partial charge in [-0.1, -0.05) is 0 Å². The highest BCUT2D eigenvalue weighted by molar-refractivity contribution is 5.76. The maximum Gasteiger partial charge on any atom is 0.364 e. The molecule has 6 atom stereocenters. The number of rotatable bonds is 6. The molecular formula is C13H21NO10. The van der Waals surface area contributed by atoms with Crippen LogP contribution in [0.5, 0.6) is 0 Å². The lowest BCUT2D eigenvalue weighted by atomic mass is 9.88. The molecule has 1 rings (SSSR count). The molecule has 0 spiro atoms. The van der Waals surface area contributed by atoms with Crippen LogP contribution in [0.25, 0.3) is 0 Å². The van der Waals surface area contributed by atoms with E-state index in [9.17, 15) is 29.7 Å². The van der Waals surface area contributed by atoms with Gasteiger partial charge in [-0.25, -0.2) is 4.79 Å². The molecule has 1 amide bonds. The number of ether oxygens (including phenoxy) is 2. The fourth-order valence-corrected chi connectivity index (χ4v) is 2.46. The van der Waals surface area contributed by atoms with Gasteiger partial charge >= 0.3 is 11.9 Å². The largest absolute Gasteiger partial charge is 0.477 e. The summed E-state index contributed by atoms with van der Waals surface area (Å²) in [6, 6.07) is -1.30. The number of hydrogen-bond donors (Lipinski definition) is 6. The smallest absolute Gasteiger partial charge is 0.364 e. The Kier molecular flexibility index (Phi) is 6.63. The molecule has 11 heteroatoms. The molecule has 0 radical (unpaired) electrons. The number of carboxylic acid groups (broad SMARTS) is 1. The lowest BCUT2D eigenvalue weighted by Gasteiger charge is -2.45. The molecule has 6 N–H and O–H groups in total. The molecule has 1 fully saturated rings. The minimum Gasteiger partial charge on any atom is -0.477 e. The van der Waals surface area contributed by atoms with E-state index < -0.39 is 67.1 Å². The minimum atomic E-state index is -2.83. The second kappa shape index (κ2) is 7.85. The molecule has 138 valence electrons. The average molecular weight is 351 g/mol. The van der Waals surface area contributed by atoms with E-state index in [0.29, 0.717) is 0 Å². The number of carboxylic acids is 1. The molecule has 0 saturated carbocycles. The Labute approximate surface area is 136 Å². The van der Waals surface area contributed by atoms with Gasteiger partial charge < -0.3 is 40.3 Å². The van der Waals surface area contributed by atoms with Crippen molar-refractivity contribution < 1.29 is 49.4 Å². The van der Waals surface area contributed by atoms with E-state index in [2.05, 4.69) is 5.32 Å². The van der Waals surface area contributed by atoms with Crippen molar-refractivity contribution in [2.24, 2.45) is 0 Å². The number of aliphatic hydroxyl groups excluding tert-OH is 3. The quantitative estimate of drug-likeness (QED) is 0.265. The van der Waals surface area contributed by atoms with Gasteiger partial charge in [0, 0.05) is 20.3 Å². The van der Waals surface area contributed by atoms with Gasteiger partial charge in [-0.3, -0.25) is 9.59 Å². The van der Waals surface area contributed by atoms with Crippen molar-refractivity contribution in [2.75, 3.05) is 6.61 Å². The summed E-state index contributed by atoms with van der Waals surface area (Å²) in [7, 11) is 0. The predicted molar refractivity (Wildman–Crippen MR) is 74.3 cm³/mol. The molecular weight excluding hydrogens is 330 g/mol. The Hall–Kier alpha value is -1.79. The molecule has 0 aliphatic carbocycles. The van der Waals surface area contributed by atoms with Gasteiger partial charge in [-0.05, 0) is 0 Å². The van der Waals surface area contributed by atoms with Gasteiger partial charge in [-0.2, -0.15) is 0 Å². The summed E-state index contributed by atoms with van der Waals surface area (Å²) < 4.78 is 9.87. The van der Waals surface area contributed by atoms with Crippen LogP contribution in [-0.4, -0.2) is 86.2 Å². The van der Waals surface area contributed by atoms with Crippen molar-refractivity contribution in [1.29, 1.82) is 0 Å². The van der Waals surface area contributed by atoms with E-state index in [1.165, 1.54) is 0 Å². The second-order valence-electron chi connectivity index (χ2n) is 5.49. The summed E-state index contributed by atoms with van der Waals surface area (Å²) >= 11 is 0. The van der Waals surface area contributed by atoms with E-state index >= 15 is 0 Å². The van der Waals surface area contributed by atoms with E-state index in [0.717, 1.165) is 13.8 Å². The van der Waals surface area contributed by atoms with Gasteiger partial charge in [0.15, 0.2) is 6.10 Å². The van der Waals surface area contributed by atoms with Gasteiger partial charge in [-0.15, -0.1) is 0 Å². The van der Waals surface area contributed by atoms with Crippen LogP contribution in [0.2, 0.25) is 0 Å². The zero-order valence-electron chi connectivity index (χ0n) is 13.1. The normalized spacial score (nSPS) is 32.5. The van der Waals surface area contributed by atoms with Crippen LogP contribution in [-0.2, 0) is 23.9 Å². The highest BCUT2D eigenvalue weighted by Crippen LogP contribution is 2.31. The third-order valence-electron chi connectivity index (χ3n) is 3.48. The maximum absolute atomic E-state index is 11.3. The number of nitrogens with one attached hydrogen (secondary N) is 1. The highest BCUT2D eigenvalue weighted by atomic mass is 16.7. The Morgan fingerprint density at radius 3 is 2.38 bits per heavy atom. The number of carbonyl (C=O) groups excluding carboxylic acids is 2. The molecule has 0 aromatic carbocycles. The number of carbonyl (C=O) groups is 3. The monoisotopic (exact) mass is 351 g/mol. The average Bonchev–Trinajstić information content (AvgIpc) is 2.46. The third kappa shape index (κ3) is 4.61. The first-order valence-electron chi connectivity index (χ1n) is 7.06. The van der Waals surface area contributed by atoms with Crippen molar-refractivity contribution in [1.82, 2.24) is 5.32 Å². The van der Waals surface area contributed by atoms with Crippen molar-refractivity contribution >= 4 is 17.8 Å². The van der Waals surface area contributed by atoms with Crippen LogP contribution >= 0.6 is 0 Å². The van der Waals surface area contributed by atoms with Gasteiger partial charge in [0.2, 0.25) is 5.91 Å². The van der Waals surface area contributed by atoms with Crippen LogP contribution in [0.3, 0.4) is 0 Å². The van der Waals surface area contributed by atoms with Crippen LogP contribution in [0.1, 0.15) is 20.3 Å². The summed E-state index contributed by atoms with van der Waals surface area (Å²) in [5.41, 5.74) is 0. The fourth-order valence-electron chi connectivity index (χ4n) is 2.46. The number of hydrogen-bond acceptors (Lipinski definition) is 9. The molecule has 0 aromatic heterocycles. The molecule has 1 heterocycles. The Morgan fingerprint density at radius 1 is 1.38 bits per heavy atom. The summed E-state index contributed by atoms with van der Waals surface area (Å²) in [6.45, 7) is 1.23. The lowest BCUT2D eigenvalue weighted by molar-refractivity contribution is -0.296. The summed E-state index contributed by atoms with van der Waals surface area (Å²) in [4.78, 5) is 33.7. The molecule has 1 aliphatic heterocycles. The van der Waals surface area contributed by atoms with Crippen molar-refractivity contribution in [3.8, 4) is 0 Å². The predicted octanol–water partition coefficient (Wildman–Crippen LogP) is -3.30. The Morgan fingerprint density at radius 2 is 1.96 bits per heavy atom. The first kappa shape index (κ1) is 20.3. The first-order chi connectivity index (χ1) is 11.0. The lowest BCUT2D eigenvalue weighted by Crippen LogP contribution is -2.67. The van der Waals surface area contributed by atoms with Gasteiger partial charge in [0.1, 0.15) is 12.2 Å². The molecule has 11 nitrogen and oxygen atoms in total. The SMILES string of the molecule is CC(=O)N[C@@H]1[C@@H](O)C[C@@](O)(C(=O)O)O[C@H]1C(OC(C)=O)C(O)CO. The van der Waals surface area contributed by atoms with Gasteiger partial charge in [0.25, 0.3) is 5.79 Å². The summed E-state index contributed by atoms with van der Waals surface area (Å²) in [5.74, 6) is -6.15. The summed E-state index contributed by atoms with van der Waals surface area (Å²) in [5, 5.41) is 50.4. The molecule has 1 saturated heterocycles. The molecule has 1 aliphatic rings. The number of aliphatic carboxylic acids is 1. The zero-order chi connectivity index (χ0) is 18.7. The zero-order valence-corrected chi connectivity index (χ0v) is 13.1. The van der Waals surface area contributed by atoms with Crippen molar-refractivity contribution in [3.63, 3.8) is 0 Å². The maximum atomic E-state index is 11.3. The Balaban J connectivity index is 3.25. The van der Waals surface area contributed by atoms with Crippen LogP contribution < -0.4 is 5.32 Å². The van der Waals surface area contributed by atoms with E-state index in [-0.39, 0.29) is 0 Å². The van der Waals surface area contributed by atoms with Crippen molar-refractivity contribution in [2.45, 2.75) is 56.5 Å². The topological polar surface area (TPSA) is 183 Å². The van der Waals surface area contributed by atoms with E-state index in [1.807, 2.05) is 0 Å². The standard InChI is InChI=1S/C13H21NO10/c1-5(16)14-9-7(18)3-13(22,12(20)21)24-11(9)10(8(19)4-15)23-6(2)17/h7-11,15,18-19,22H,3-4H2,1-2H3,(H,14,16)(H,20,21)/t7-,8?,9+,10?,11+,13-/m0/s1. The highest BCUT2D eigenvalue weighted by Gasteiger charge is 2.55. The number of aliphatic hydroxyl groups is 4. The Bertz CT molecular complexity index is 497. The van der Waals surface area contributed by atoms with E-state index in [1.54, 1.807) is 0 Å². The van der Waals surface area contributed by atoms with Gasteiger partial charge in [0.05, 0.1) is 18.8 Å². The fraction of sp³-hybridized carbons (Fsp3) is 0.769. The van der Waals surface area contributed by atoms with E-state index in [4.69, 9.17) is 19.7 Å². The third-order valence-corrected chi connectivity index (χ3v) is 3.48. The molecule has 24 heavy (non-hydrogen) atoms. The molecule has 0 aromatic rings. The number of esters is 1. The van der Waals surface area contributed by atoms with Crippen LogP contribution in [0, 0.1) is 0 Å². The number of amides is 1. The van der Waals surface area contributed by atoms with Crippen LogP contribution in [0.15, 0.2) is 0 Å². The molecule has 0 bridgehead atoms. The molecule has 2 unspecified atom stereocenters. The summed E-state index contributed by atoms with van der Waals surface area (Å²) in [6.07, 6.45) is -7.35.